The average Bonchev–Trinajstić information content (AvgIpc) is 2.32. The van der Waals surface area contributed by atoms with Crippen LogP contribution in [0.1, 0.15) is 5.56 Å². The molecule has 3 nitrogen and oxygen atoms in total. The Morgan fingerprint density at radius 3 is 2.82 bits per heavy atom. The van der Waals surface area contributed by atoms with Crippen LogP contribution >= 0.6 is 12.2 Å². The van der Waals surface area contributed by atoms with Gasteiger partial charge in [-0.1, -0.05) is 12.2 Å². The fourth-order valence-corrected chi connectivity index (χ4v) is 1.48. The molecule has 1 aromatic heterocycles. The van der Waals surface area contributed by atoms with Crippen molar-refractivity contribution in [2.45, 2.75) is 0 Å². The molecule has 2 rings (SSSR count). The van der Waals surface area contributed by atoms with Crippen molar-refractivity contribution in [1.29, 1.82) is 0 Å². The minimum absolute atomic E-state index is 0.0865. The first-order chi connectivity index (χ1) is 8.16. The van der Waals surface area contributed by atoms with Crippen LogP contribution in [-0.2, 0) is 0 Å². The normalized spacial score (nSPS) is 9.94. The molecule has 0 atom stereocenters. The van der Waals surface area contributed by atoms with Gasteiger partial charge in [0, 0.05) is 6.20 Å². The number of pyridine rings is 1. The molecule has 17 heavy (non-hydrogen) atoms. The van der Waals surface area contributed by atoms with Crippen molar-refractivity contribution in [2.75, 3.05) is 0 Å². The molecule has 2 aromatic rings. The van der Waals surface area contributed by atoms with Crippen LogP contribution in [0, 0.1) is 5.82 Å². The van der Waals surface area contributed by atoms with Crippen LogP contribution in [0.15, 0.2) is 42.7 Å². The van der Waals surface area contributed by atoms with E-state index in [0.29, 0.717) is 17.1 Å². The van der Waals surface area contributed by atoms with Crippen molar-refractivity contribution in [3.05, 3.63) is 54.1 Å². The van der Waals surface area contributed by atoms with E-state index in [-0.39, 0.29) is 4.99 Å². The molecule has 0 radical (unpaired) electrons. The van der Waals surface area contributed by atoms with Gasteiger partial charge in [0.25, 0.3) is 0 Å². The van der Waals surface area contributed by atoms with Crippen molar-refractivity contribution in [3.8, 4) is 11.5 Å². The predicted molar refractivity (Wildman–Crippen MR) is 66.6 cm³/mol. The molecule has 0 saturated carbocycles. The minimum Gasteiger partial charge on any atom is -0.455 e. The van der Waals surface area contributed by atoms with E-state index >= 15 is 0 Å². The van der Waals surface area contributed by atoms with Crippen LogP contribution in [0.5, 0.6) is 11.5 Å². The number of hydrogen-bond acceptors (Lipinski definition) is 3. The first-order valence-corrected chi connectivity index (χ1v) is 5.25. The van der Waals surface area contributed by atoms with Crippen LogP contribution in [0.3, 0.4) is 0 Å². The quantitative estimate of drug-likeness (QED) is 0.848. The average molecular weight is 248 g/mol. The first-order valence-electron chi connectivity index (χ1n) is 4.84. The number of aromatic nitrogens is 1. The first kappa shape index (κ1) is 11.5. The summed E-state index contributed by atoms with van der Waals surface area (Å²) in [6.07, 6.45) is 3.18. The van der Waals surface area contributed by atoms with E-state index in [4.69, 9.17) is 22.7 Å². The van der Waals surface area contributed by atoms with Crippen LogP contribution in [-0.4, -0.2) is 9.97 Å². The number of nitrogens with zero attached hydrogens (tertiary/aromatic N) is 1. The van der Waals surface area contributed by atoms with Gasteiger partial charge in [0.1, 0.15) is 22.3 Å². The largest absolute Gasteiger partial charge is 0.455 e. The second-order valence-electron chi connectivity index (χ2n) is 3.30. The highest BCUT2D eigenvalue weighted by atomic mass is 32.1. The molecule has 0 saturated heterocycles. The maximum Gasteiger partial charge on any atom is 0.145 e. The van der Waals surface area contributed by atoms with Crippen molar-refractivity contribution < 1.29 is 9.13 Å². The van der Waals surface area contributed by atoms with Gasteiger partial charge in [0.2, 0.25) is 0 Å². The predicted octanol–water partition coefficient (Wildman–Crippen LogP) is 2.65. The van der Waals surface area contributed by atoms with E-state index in [2.05, 4.69) is 4.98 Å². The Kier molecular flexibility index (Phi) is 3.30. The smallest absolute Gasteiger partial charge is 0.145 e. The molecule has 2 N–H and O–H groups in total. The van der Waals surface area contributed by atoms with Crippen molar-refractivity contribution in [3.63, 3.8) is 0 Å². The summed E-state index contributed by atoms with van der Waals surface area (Å²) in [5.41, 5.74) is 5.87. The molecule has 0 aliphatic carbocycles. The van der Waals surface area contributed by atoms with Gasteiger partial charge >= 0.3 is 0 Å². The van der Waals surface area contributed by atoms with E-state index in [0.717, 1.165) is 0 Å². The molecule has 0 fully saturated rings. The Labute approximate surface area is 103 Å². The second kappa shape index (κ2) is 4.88. The summed E-state index contributed by atoms with van der Waals surface area (Å²) in [5.74, 6) is 0.537. The van der Waals surface area contributed by atoms with Gasteiger partial charge in [0.05, 0.1) is 11.8 Å². The molecule has 0 aliphatic rings. The number of ether oxygens (including phenoxy) is 1. The number of hydrogen-bond donors (Lipinski definition) is 1. The van der Waals surface area contributed by atoms with Crippen LogP contribution < -0.4 is 10.5 Å². The number of thiocarbonyl (C=S) groups is 1. The molecule has 0 bridgehead atoms. The van der Waals surface area contributed by atoms with Gasteiger partial charge in [-0.2, -0.15) is 0 Å². The zero-order valence-electron chi connectivity index (χ0n) is 8.76. The summed E-state index contributed by atoms with van der Waals surface area (Å²) in [6.45, 7) is 0. The zero-order chi connectivity index (χ0) is 12.3. The Bertz CT molecular complexity index is 545. The lowest BCUT2D eigenvalue weighted by molar-refractivity contribution is 0.477. The molecule has 0 spiro atoms. The van der Waals surface area contributed by atoms with Crippen LogP contribution in [0.25, 0.3) is 0 Å². The van der Waals surface area contributed by atoms with Gasteiger partial charge in [-0.15, -0.1) is 0 Å². The lowest BCUT2D eigenvalue weighted by Crippen LogP contribution is -2.11. The van der Waals surface area contributed by atoms with Crippen molar-refractivity contribution in [2.24, 2.45) is 5.73 Å². The van der Waals surface area contributed by atoms with Crippen LogP contribution in [0.4, 0.5) is 4.39 Å². The summed E-state index contributed by atoms with van der Waals surface area (Å²) in [5, 5.41) is 0. The lowest BCUT2D eigenvalue weighted by Gasteiger charge is -2.09. The third-order valence-corrected chi connectivity index (χ3v) is 2.29. The number of rotatable bonds is 3. The fourth-order valence-electron chi connectivity index (χ4n) is 1.32. The van der Waals surface area contributed by atoms with Crippen LogP contribution in [0.2, 0.25) is 0 Å². The number of nitrogens with two attached hydrogens (primary N) is 1. The highest BCUT2D eigenvalue weighted by Crippen LogP contribution is 2.25. The fraction of sp³-hybridized carbons (Fsp3) is 0. The van der Waals surface area contributed by atoms with E-state index < -0.39 is 5.82 Å². The molecular weight excluding hydrogens is 239 g/mol. The van der Waals surface area contributed by atoms with Crippen molar-refractivity contribution in [1.82, 2.24) is 4.98 Å². The van der Waals surface area contributed by atoms with E-state index in [9.17, 15) is 4.39 Å². The molecule has 86 valence electrons. The molecule has 0 unspecified atom stereocenters. The van der Waals surface area contributed by atoms with E-state index in [1.807, 2.05) is 0 Å². The molecule has 0 aliphatic heterocycles. The number of benzene rings is 1. The molecule has 1 aromatic carbocycles. The summed E-state index contributed by atoms with van der Waals surface area (Å²) in [4.78, 5) is 4.00. The molecular formula is C12H9FN2OS. The Morgan fingerprint density at radius 2 is 2.18 bits per heavy atom. The standard InChI is InChI=1S/C12H9FN2OS/c13-8-3-4-11(10(6-8)12(14)17)16-9-2-1-5-15-7-9/h1-7H,(H2,14,17). The lowest BCUT2D eigenvalue weighted by atomic mass is 10.2. The molecule has 5 heteroatoms. The highest BCUT2D eigenvalue weighted by Gasteiger charge is 2.09. The SMILES string of the molecule is NC(=S)c1cc(F)ccc1Oc1cccnc1. The second-order valence-corrected chi connectivity index (χ2v) is 3.74. The topological polar surface area (TPSA) is 48.1 Å². The maximum atomic E-state index is 13.1. The van der Waals surface area contributed by atoms with E-state index in [1.54, 1.807) is 24.5 Å². The van der Waals surface area contributed by atoms with Crippen molar-refractivity contribution >= 4 is 17.2 Å². The number of halogens is 1. The van der Waals surface area contributed by atoms with Gasteiger partial charge in [-0.25, -0.2) is 4.39 Å². The minimum atomic E-state index is -0.411. The third-order valence-electron chi connectivity index (χ3n) is 2.07. The summed E-state index contributed by atoms with van der Waals surface area (Å²) in [7, 11) is 0. The Morgan fingerprint density at radius 1 is 1.35 bits per heavy atom. The molecule has 1 heterocycles. The summed E-state index contributed by atoms with van der Waals surface area (Å²) >= 11 is 4.84. The maximum absolute atomic E-state index is 13.1. The molecule has 0 amide bonds. The van der Waals surface area contributed by atoms with Gasteiger partial charge in [-0.3, -0.25) is 4.98 Å². The Hall–Kier alpha value is -2.01. The highest BCUT2D eigenvalue weighted by molar-refractivity contribution is 7.80. The monoisotopic (exact) mass is 248 g/mol. The summed E-state index contributed by atoms with van der Waals surface area (Å²) < 4.78 is 18.6. The van der Waals surface area contributed by atoms with Gasteiger partial charge in [0.15, 0.2) is 0 Å². The summed E-state index contributed by atoms with van der Waals surface area (Å²) in [6, 6.07) is 7.48. The zero-order valence-corrected chi connectivity index (χ0v) is 9.58. The third kappa shape index (κ3) is 2.76. The van der Waals surface area contributed by atoms with E-state index in [1.165, 1.54) is 18.2 Å². The Balaban J connectivity index is 2.36. The van der Waals surface area contributed by atoms with Gasteiger partial charge < -0.3 is 10.5 Å². The van der Waals surface area contributed by atoms with Gasteiger partial charge in [-0.05, 0) is 30.3 Å².